The van der Waals surface area contributed by atoms with E-state index in [2.05, 4.69) is 28.8 Å². The van der Waals surface area contributed by atoms with Crippen molar-refractivity contribution in [2.45, 2.75) is 20.4 Å². The summed E-state index contributed by atoms with van der Waals surface area (Å²) in [6.07, 6.45) is 0. The summed E-state index contributed by atoms with van der Waals surface area (Å²) < 4.78 is 10.7. The Morgan fingerprint density at radius 1 is 1.12 bits per heavy atom. The second-order valence-corrected chi connectivity index (χ2v) is 7.05. The van der Waals surface area contributed by atoms with Gasteiger partial charge >= 0.3 is 0 Å². The maximum atomic E-state index is 12.6. The number of hydrogen-bond acceptors (Lipinski definition) is 6. The number of hydrogen-bond donors (Lipinski definition) is 0. The van der Waals surface area contributed by atoms with Gasteiger partial charge in [-0.3, -0.25) is 14.6 Å². The van der Waals surface area contributed by atoms with Gasteiger partial charge in [0, 0.05) is 51.9 Å². The quantitative estimate of drug-likeness (QED) is 0.797. The molecule has 1 aromatic rings. The third-order valence-corrected chi connectivity index (χ3v) is 4.54. The number of carbonyl (C=O) groups is 1. The van der Waals surface area contributed by atoms with Crippen LogP contribution in [0.1, 0.15) is 30.1 Å². The highest BCUT2D eigenvalue weighted by molar-refractivity contribution is 5.92. The van der Waals surface area contributed by atoms with E-state index in [-0.39, 0.29) is 5.91 Å². The van der Waals surface area contributed by atoms with Crippen LogP contribution >= 0.6 is 0 Å². The summed E-state index contributed by atoms with van der Waals surface area (Å²) in [7, 11) is 0. The van der Waals surface area contributed by atoms with Crippen LogP contribution < -0.4 is 0 Å². The number of carbonyl (C=O) groups excluding carboxylic acids is 1. The predicted molar refractivity (Wildman–Crippen MR) is 89.8 cm³/mol. The maximum absolute atomic E-state index is 12.6. The van der Waals surface area contributed by atoms with E-state index in [9.17, 15) is 4.79 Å². The molecule has 0 aromatic carbocycles. The van der Waals surface area contributed by atoms with Gasteiger partial charge < -0.3 is 14.2 Å². The van der Waals surface area contributed by atoms with Gasteiger partial charge in [0.15, 0.2) is 11.5 Å². The van der Waals surface area contributed by atoms with Gasteiger partial charge in [0.25, 0.3) is 5.91 Å². The smallest absolute Gasteiger partial charge is 0.276 e. The van der Waals surface area contributed by atoms with Crippen molar-refractivity contribution in [3.05, 3.63) is 17.5 Å². The van der Waals surface area contributed by atoms with E-state index >= 15 is 0 Å². The first-order valence-electron chi connectivity index (χ1n) is 8.89. The van der Waals surface area contributed by atoms with Gasteiger partial charge in [-0.1, -0.05) is 19.0 Å². The molecule has 0 radical (unpaired) electrons. The lowest BCUT2D eigenvalue weighted by Gasteiger charge is -2.35. The summed E-state index contributed by atoms with van der Waals surface area (Å²) in [6.45, 7) is 12.9. The lowest BCUT2D eigenvalue weighted by atomic mass is 10.2. The molecule has 1 amide bonds. The van der Waals surface area contributed by atoms with E-state index in [0.29, 0.717) is 18.2 Å². The van der Waals surface area contributed by atoms with Crippen molar-refractivity contribution >= 4 is 5.91 Å². The molecule has 0 unspecified atom stereocenters. The van der Waals surface area contributed by atoms with Crippen molar-refractivity contribution in [2.75, 3.05) is 59.0 Å². The average molecular weight is 336 g/mol. The highest BCUT2D eigenvalue weighted by atomic mass is 16.5. The molecule has 0 atom stereocenters. The van der Waals surface area contributed by atoms with Crippen LogP contribution in [0.5, 0.6) is 0 Å². The molecule has 0 saturated carbocycles. The molecule has 7 heteroatoms. The lowest BCUT2D eigenvalue weighted by molar-refractivity contribution is 0.0305. The monoisotopic (exact) mass is 336 g/mol. The van der Waals surface area contributed by atoms with Crippen LogP contribution in [0.25, 0.3) is 0 Å². The zero-order valence-corrected chi connectivity index (χ0v) is 14.7. The molecule has 7 nitrogen and oxygen atoms in total. The maximum Gasteiger partial charge on any atom is 0.276 e. The number of rotatable bonds is 5. The first-order valence-corrected chi connectivity index (χ1v) is 8.89. The van der Waals surface area contributed by atoms with Crippen molar-refractivity contribution < 1.29 is 14.1 Å². The van der Waals surface area contributed by atoms with Crippen LogP contribution in [-0.2, 0) is 11.3 Å². The second kappa shape index (κ2) is 8.09. The van der Waals surface area contributed by atoms with Gasteiger partial charge in [-0.05, 0) is 5.92 Å². The number of amides is 1. The summed E-state index contributed by atoms with van der Waals surface area (Å²) in [5, 5.41) is 3.99. The first kappa shape index (κ1) is 17.4. The zero-order chi connectivity index (χ0) is 16.9. The van der Waals surface area contributed by atoms with E-state index < -0.39 is 0 Å². The van der Waals surface area contributed by atoms with Crippen molar-refractivity contribution in [2.24, 2.45) is 5.92 Å². The predicted octanol–water partition coefficient (Wildman–Crippen LogP) is 0.921. The summed E-state index contributed by atoms with van der Waals surface area (Å²) >= 11 is 0. The first-order chi connectivity index (χ1) is 11.6. The van der Waals surface area contributed by atoms with E-state index in [0.717, 1.165) is 64.8 Å². The van der Waals surface area contributed by atoms with Gasteiger partial charge in [0.2, 0.25) is 0 Å². The summed E-state index contributed by atoms with van der Waals surface area (Å²) in [6, 6.07) is 1.79. The minimum absolute atomic E-state index is 0.0174. The number of ether oxygens (including phenoxy) is 1. The molecule has 2 aliphatic rings. The molecule has 0 spiro atoms. The van der Waals surface area contributed by atoms with Gasteiger partial charge in [-0.2, -0.15) is 0 Å². The molecule has 1 aromatic heterocycles. The molecule has 3 rings (SSSR count). The van der Waals surface area contributed by atoms with E-state index in [1.807, 2.05) is 4.90 Å². The third-order valence-electron chi connectivity index (χ3n) is 4.54. The van der Waals surface area contributed by atoms with Crippen LogP contribution in [0.15, 0.2) is 10.6 Å². The van der Waals surface area contributed by atoms with Crippen molar-refractivity contribution in [3.63, 3.8) is 0 Å². The van der Waals surface area contributed by atoms with Gasteiger partial charge in [0.05, 0.1) is 19.8 Å². The fourth-order valence-corrected chi connectivity index (χ4v) is 3.28. The molecule has 0 aliphatic carbocycles. The zero-order valence-electron chi connectivity index (χ0n) is 14.7. The van der Waals surface area contributed by atoms with Crippen LogP contribution in [0, 0.1) is 5.92 Å². The number of aromatic nitrogens is 1. The van der Waals surface area contributed by atoms with Crippen LogP contribution in [0.2, 0.25) is 0 Å². The molecule has 3 heterocycles. The highest BCUT2D eigenvalue weighted by Crippen LogP contribution is 2.13. The van der Waals surface area contributed by atoms with Crippen LogP contribution in [-0.4, -0.2) is 84.8 Å². The Hall–Kier alpha value is -1.44. The Kier molecular flexibility index (Phi) is 5.86. The van der Waals surface area contributed by atoms with Gasteiger partial charge in [-0.15, -0.1) is 0 Å². The minimum atomic E-state index is -0.0174. The molecule has 2 fully saturated rings. The lowest BCUT2D eigenvalue weighted by Crippen LogP contribution is -2.49. The highest BCUT2D eigenvalue weighted by Gasteiger charge is 2.25. The Balaban J connectivity index is 1.50. The number of piperazine rings is 1. The molecule has 0 bridgehead atoms. The molecule has 0 N–H and O–H groups in total. The third kappa shape index (κ3) is 4.55. The van der Waals surface area contributed by atoms with Gasteiger partial charge in [-0.25, -0.2) is 0 Å². The van der Waals surface area contributed by atoms with Crippen LogP contribution in [0.4, 0.5) is 0 Å². The van der Waals surface area contributed by atoms with Crippen molar-refractivity contribution in [1.29, 1.82) is 0 Å². The Morgan fingerprint density at radius 2 is 1.83 bits per heavy atom. The fourth-order valence-electron chi connectivity index (χ4n) is 3.28. The average Bonchev–Trinajstić information content (AvgIpc) is 3.04. The van der Waals surface area contributed by atoms with Crippen LogP contribution in [0.3, 0.4) is 0 Å². The van der Waals surface area contributed by atoms with E-state index in [4.69, 9.17) is 9.26 Å². The largest absolute Gasteiger partial charge is 0.379 e. The molecular weight excluding hydrogens is 308 g/mol. The molecule has 24 heavy (non-hydrogen) atoms. The summed E-state index contributed by atoms with van der Waals surface area (Å²) in [5.41, 5.74) is 0.426. The van der Waals surface area contributed by atoms with Gasteiger partial charge in [0.1, 0.15) is 0 Å². The van der Waals surface area contributed by atoms with E-state index in [1.165, 1.54) is 0 Å². The molecular formula is C17H28N4O3. The second-order valence-electron chi connectivity index (χ2n) is 7.05. The summed E-state index contributed by atoms with van der Waals surface area (Å²) in [4.78, 5) is 19.1. The Morgan fingerprint density at radius 3 is 2.50 bits per heavy atom. The molecule has 2 saturated heterocycles. The fraction of sp³-hybridized carbons (Fsp3) is 0.765. The number of morpholine rings is 1. The number of nitrogens with zero attached hydrogens (tertiary/aromatic N) is 4. The van der Waals surface area contributed by atoms with Crippen molar-refractivity contribution in [1.82, 2.24) is 19.9 Å². The Labute approximate surface area is 143 Å². The SMILES string of the molecule is CC(C)CN1CCN(C(=O)c2cc(CN3CCOCC3)on2)CC1. The molecule has 134 valence electrons. The summed E-state index contributed by atoms with van der Waals surface area (Å²) in [5.74, 6) is 1.39. The topological polar surface area (TPSA) is 62.0 Å². The minimum Gasteiger partial charge on any atom is -0.379 e. The standard InChI is InChI=1S/C17H28N4O3/c1-14(2)12-19-3-5-21(6-4-19)17(22)16-11-15(24-18-16)13-20-7-9-23-10-8-20/h11,14H,3-10,12-13H2,1-2H3. The Bertz CT molecular complexity index is 532. The van der Waals surface area contributed by atoms with Crippen molar-refractivity contribution in [3.8, 4) is 0 Å². The molecule has 2 aliphatic heterocycles. The van der Waals surface area contributed by atoms with E-state index in [1.54, 1.807) is 6.07 Å². The normalized spacial score (nSPS) is 20.7.